The first-order valence-corrected chi connectivity index (χ1v) is 4.47. The molecule has 74 valence electrons. The number of hydrogen-bond donors (Lipinski definition) is 0. The van der Waals surface area contributed by atoms with Crippen molar-refractivity contribution < 1.29 is 19.1 Å². The van der Waals surface area contributed by atoms with Crippen LogP contribution < -0.4 is 0 Å². The van der Waals surface area contributed by atoms with E-state index in [9.17, 15) is 9.59 Å². The van der Waals surface area contributed by atoms with Crippen LogP contribution in [-0.4, -0.2) is 25.7 Å². The summed E-state index contributed by atoms with van der Waals surface area (Å²) in [5.41, 5.74) is 0. The van der Waals surface area contributed by atoms with Crippen LogP contribution in [0.5, 0.6) is 0 Å². The summed E-state index contributed by atoms with van der Waals surface area (Å²) in [6.07, 6.45) is 2.71. The molecule has 0 aliphatic carbocycles. The number of rotatable bonds is 2. The Bertz CT molecular complexity index is 200. The van der Waals surface area contributed by atoms with Crippen molar-refractivity contribution in [2.24, 2.45) is 5.92 Å². The van der Waals surface area contributed by atoms with E-state index in [1.807, 2.05) is 0 Å². The molecule has 0 aromatic rings. The van der Waals surface area contributed by atoms with Crippen molar-refractivity contribution in [3.8, 4) is 0 Å². The number of cyclic esters (lactones) is 1. The first kappa shape index (κ1) is 10.0. The fourth-order valence-electron chi connectivity index (χ4n) is 1.37. The van der Waals surface area contributed by atoms with Crippen LogP contribution in [0.25, 0.3) is 0 Å². The van der Waals surface area contributed by atoms with E-state index in [0.717, 1.165) is 19.3 Å². The summed E-state index contributed by atoms with van der Waals surface area (Å²) in [5, 5.41) is 0. The number of ether oxygens (including phenoxy) is 2. The van der Waals surface area contributed by atoms with Gasteiger partial charge in [0.1, 0.15) is 0 Å². The largest absolute Gasteiger partial charge is 0.469 e. The topological polar surface area (TPSA) is 52.6 Å². The summed E-state index contributed by atoms with van der Waals surface area (Å²) in [7, 11) is 1.32. The van der Waals surface area contributed by atoms with Crippen molar-refractivity contribution >= 4 is 11.9 Å². The Balaban J connectivity index is 2.45. The van der Waals surface area contributed by atoms with E-state index in [2.05, 4.69) is 4.74 Å². The Morgan fingerprint density at radius 3 is 3.08 bits per heavy atom. The van der Waals surface area contributed by atoms with E-state index < -0.39 is 0 Å². The monoisotopic (exact) mass is 186 g/mol. The lowest BCUT2D eigenvalue weighted by molar-refractivity contribution is -0.153. The Morgan fingerprint density at radius 1 is 1.62 bits per heavy atom. The van der Waals surface area contributed by atoms with Crippen molar-refractivity contribution in [3.63, 3.8) is 0 Å². The second-order valence-corrected chi connectivity index (χ2v) is 3.14. The van der Waals surface area contributed by atoms with Crippen LogP contribution in [0.2, 0.25) is 0 Å². The molecule has 0 bridgehead atoms. The van der Waals surface area contributed by atoms with Gasteiger partial charge in [-0.15, -0.1) is 0 Å². The highest BCUT2D eigenvalue weighted by Crippen LogP contribution is 2.18. The van der Waals surface area contributed by atoms with Crippen LogP contribution in [0, 0.1) is 5.92 Å². The minimum absolute atomic E-state index is 0.148. The normalized spacial score (nSPS) is 23.2. The highest BCUT2D eigenvalue weighted by atomic mass is 16.5. The molecule has 1 fully saturated rings. The average Bonchev–Trinajstić information content (AvgIpc) is 2.32. The molecule has 1 rings (SSSR count). The van der Waals surface area contributed by atoms with Crippen molar-refractivity contribution in [2.75, 3.05) is 13.7 Å². The number of hydrogen-bond acceptors (Lipinski definition) is 4. The zero-order valence-corrected chi connectivity index (χ0v) is 7.75. The molecule has 13 heavy (non-hydrogen) atoms. The molecule has 0 saturated carbocycles. The molecule has 1 atom stereocenters. The van der Waals surface area contributed by atoms with Gasteiger partial charge in [0, 0.05) is 0 Å². The SMILES string of the molecule is COC(=O)C[C@@H]1CCCCOC1=O. The van der Waals surface area contributed by atoms with Crippen molar-refractivity contribution in [3.05, 3.63) is 0 Å². The van der Waals surface area contributed by atoms with Gasteiger partial charge in [-0.2, -0.15) is 0 Å². The zero-order chi connectivity index (χ0) is 9.68. The molecule has 0 N–H and O–H groups in total. The lowest BCUT2D eigenvalue weighted by Gasteiger charge is -2.09. The maximum atomic E-state index is 11.2. The maximum absolute atomic E-state index is 11.2. The predicted molar refractivity (Wildman–Crippen MR) is 44.9 cm³/mol. The second kappa shape index (κ2) is 4.84. The quantitative estimate of drug-likeness (QED) is 0.601. The Labute approximate surface area is 77.2 Å². The first-order valence-electron chi connectivity index (χ1n) is 4.47. The minimum atomic E-state index is -0.344. The Hall–Kier alpha value is -1.06. The number of carbonyl (C=O) groups is 2. The van der Waals surface area contributed by atoms with Crippen LogP contribution in [0.4, 0.5) is 0 Å². The van der Waals surface area contributed by atoms with Gasteiger partial charge in [-0.3, -0.25) is 9.59 Å². The fraction of sp³-hybridized carbons (Fsp3) is 0.778. The molecule has 0 aromatic carbocycles. The molecule has 0 unspecified atom stereocenters. The highest BCUT2D eigenvalue weighted by Gasteiger charge is 2.25. The summed E-state index contributed by atoms with van der Waals surface area (Å²) in [6.45, 7) is 0.483. The first-order chi connectivity index (χ1) is 6.24. The third kappa shape index (κ3) is 3.05. The molecule has 1 aliphatic heterocycles. The summed E-state index contributed by atoms with van der Waals surface area (Å²) in [4.78, 5) is 22.1. The molecule has 4 heteroatoms. The van der Waals surface area contributed by atoms with Gasteiger partial charge in [-0.1, -0.05) is 0 Å². The molecule has 0 aromatic heterocycles. The average molecular weight is 186 g/mol. The predicted octanol–water partition coefficient (Wildman–Crippen LogP) is 0.893. The number of esters is 2. The van der Waals surface area contributed by atoms with Gasteiger partial charge >= 0.3 is 11.9 Å². The van der Waals surface area contributed by atoms with E-state index in [0.29, 0.717) is 6.61 Å². The molecule has 0 spiro atoms. The van der Waals surface area contributed by atoms with Gasteiger partial charge in [0.25, 0.3) is 0 Å². The van der Waals surface area contributed by atoms with Gasteiger partial charge < -0.3 is 9.47 Å². The molecule has 1 aliphatic rings. The molecular weight excluding hydrogens is 172 g/mol. The molecule has 0 amide bonds. The molecule has 1 saturated heterocycles. The molecule has 0 radical (unpaired) electrons. The summed E-state index contributed by atoms with van der Waals surface area (Å²) in [6, 6.07) is 0. The minimum Gasteiger partial charge on any atom is -0.469 e. The Kier molecular flexibility index (Phi) is 3.73. The molecule has 1 heterocycles. The van der Waals surface area contributed by atoms with Crippen LogP contribution in [0.15, 0.2) is 0 Å². The van der Waals surface area contributed by atoms with E-state index in [4.69, 9.17) is 4.74 Å². The number of methoxy groups -OCH3 is 1. The van der Waals surface area contributed by atoms with Crippen molar-refractivity contribution in [1.29, 1.82) is 0 Å². The van der Waals surface area contributed by atoms with Crippen LogP contribution in [-0.2, 0) is 19.1 Å². The zero-order valence-electron chi connectivity index (χ0n) is 7.75. The summed E-state index contributed by atoms with van der Waals surface area (Å²) in [5.74, 6) is -0.901. The maximum Gasteiger partial charge on any atom is 0.309 e. The highest BCUT2D eigenvalue weighted by molar-refractivity contribution is 5.79. The third-order valence-corrected chi connectivity index (χ3v) is 2.17. The van der Waals surface area contributed by atoms with Crippen LogP contribution >= 0.6 is 0 Å². The summed E-state index contributed by atoms with van der Waals surface area (Å²) >= 11 is 0. The smallest absolute Gasteiger partial charge is 0.309 e. The van der Waals surface area contributed by atoms with Gasteiger partial charge in [0.05, 0.1) is 26.1 Å². The van der Waals surface area contributed by atoms with E-state index in [1.54, 1.807) is 0 Å². The molecular formula is C9H14O4. The van der Waals surface area contributed by atoms with Crippen LogP contribution in [0.1, 0.15) is 25.7 Å². The van der Waals surface area contributed by atoms with E-state index in [1.165, 1.54) is 7.11 Å². The van der Waals surface area contributed by atoms with Gasteiger partial charge in [-0.05, 0) is 19.3 Å². The summed E-state index contributed by atoms with van der Waals surface area (Å²) < 4.78 is 9.41. The van der Waals surface area contributed by atoms with Crippen molar-refractivity contribution in [1.82, 2.24) is 0 Å². The lowest BCUT2D eigenvalue weighted by atomic mass is 10.00. The van der Waals surface area contributed by atoms with Gasteiger partial charge in [0.2, 0.25) is 0 Å². The van der Waals surface area contributed by atoms with Gasteiger partial charge in [0.15, 0.2) is 0 Å². The van der Waals surface area contributed by atoms with Gasteiger partial charge in [-0.25, -0.2) is 0 Å². The standard InChI is InChI=1S/C9H14O4/c1-12-8(10)6-7-4-2-3-5-13-9(7)11/h7H,2-6H2,1H3/t7-/m0/s1. The fourth-order valence-corrected chi connectivity index (χ4v) is 1.37. The Morgan fingerprint density at radius 2 is 2.38 bits per heavy atom. The lowest BCUT2D eigenvalue weighted by Crippen LogP contribution is -2.19. The molecule has 4 nitrogen and oxygen atoms in total. The van der Waals surface area contributed by atoms with E-state index in [-0.39, 0.29) is 24.3 Å². The number of carbonyl (C=O) groups excluding carboxylic acids is 2. The van der Waals surface area contributed by atoms with E-state index >= 15 is 0 Å². The van der Waals surface area contributed by atoms with Crippen molar-refractivity contribution in [2.45, 2.75) is 25.7 Å². The third-order valence-electron chi connectivity index (χ3n) is 2.17. The second-order valence-electron chi connectivity index (χ2n) is 3.14. The van der Waals surface area contributed by atoms with Crippen LogP contribution in [0.3, 0.4) is 0 Å².